The Balaban J connectivity index is 1.61. The van der Waals surface area contributed by atoms with Crippen molar-refractivity contribution in [2.45, 2.75) is 18.4 Å². The Bertz CT molecular complexity index is 406. The normalized spacial score (nSPS) is 23.1. The van der Waals surface area contributed by atoms with Gasteiger partial charge in [-0.25, -0.2) is 0 Å². The van der Waals surface area contributed by atoms with Crippen LogP contribution >= 0.6 is 11.6 Å². The Labute approximate surface area is 114 Å². The molecule has 3 nitrogen and oxygen atoms in total. The van der Waals surface area contributed by atoms with Gasteiger partial charge in [-0.1, -0.05) is 11.6 Å². The van der Waals surface area contributed by atoms with E-state index in [4.69, 9.17) is 17.3 Å². The highest BCUT2D eigenvalue weighted by molar-refractivity contribution is 6.30. The van der Waals surface area contributed by atoms with Crippen LogP contribution in [0.4, 0.5) is 5.69 Å². The predicted octanol–water partition coefficient (Wildman–Crippen LogP) is 1.95. The second-order valence-electron chi connectivity index (χ2n) is 5.38. The Hall–Kier alpha value is -0.770. The number of nitrogens with two attached hydrogens (primary N) is 1. The summed E-state index contributed by atoms with van der Waals surface area (Å²) in [4.78, 5) is 5.01. The van der Waals surface area contributed by atoms with Crippen LogP contribution < -0.4 is 10.6 Å². The molecule has 98 valence electrons. The van der Waals surface area contributed by atoms with E-state index in [0.717, 1.165) is 37.7 Å². The molecule has 1 saturated heterocycles. The van der Waals surface area contributed by atoms with Crippen molar-refractivity contribution in [1.82, 2.24) is 4.90 Å². The quantitative estimate of drug-likeness (QED) is 0.907. The van der Waals surface area contributed by atoms with Gasteiger partial charge in [0.25, 0.3) is 0 Å². The third-order valence-electron chi connectivity index (χ3n) is 4.35. The average Bonchev–Trinajstić information content (AvgIpc) is 3.21. The van der Waals surface area contributed by atoms with Gasteiger partial charge >= 0.3 is 0 Å². The molecule has 0 amide bonds. The first-order chi connectivity index (χ1) is 8.73. The molecule has 1 saturated carbocycles. The summed E-state index contributed by atoms with van der Waals surface area (Å²) in [6.07, 6.45) is 2.56. The zero-order chi connectivity index (χ0) is 12.6. The van der Waals surface area contributed by atoms with Crippen LogP contribution in [-0.4, -0.2) is 43.2 Å². The zero-order valence-corrected chi connectivity index (χ0v) is 11.4. The maximum absolute atomic E-state index is 5.92. The minimum Gasteiger partial charge on any atom is -0.369 e. The average molecular weight is 266 g/mol. The summed E-state index contributed by atoms with van der Waals surface area (Å²) in [5, 5.41) is 0.803. The van der Waals surface area contributed by atoms with Gasteiger partial charge in [-0.2, -0.15) is 0 Å². The highest BCUT2D eigenvalue weighted by atomic mass is 35.5. The minimum atomic E-state index is 0.353. The summed E-state index contributed by atoms with van der Waals surface area (Å²) >= 11 is 5.92. The second-order valence-corrected chi connectivity index (χ2v) is 5.82. The first-order valence-electron chi connectivity index (χ1n) is 6.69. The Morgan fingerprint density at radius 3 is 2.17 bits per heavy atom. The third-order valence-corrected chi connectivity index (χ3v) is 4.60. The van der Waals surface area contributed by atoms with Crippen molar-refractivity contribution in [2.24, 2.45) is 5.73 Å². The van der Waals surface area contributed by atoms with Crippen molar-refractivity contribution >= 4 is 17.3 Å². The molecule has 0 radical (unpaired) electrons. The van der Waals surface area contributed by atoms with Gasteiger partial charge in [0, 0.05) is 49.0 Å². The van der Waals surface area contributed by atoms with Crippen LogP contribution in [0.2, 0.25) is 5.02 Å². The van der Waals surface area contributed by atoms with E-state index in [1.807, 2.05) is 12.1 Å². The topological polar surface area (TPSA) is 32.5 Å². The fourth-order valence-electron chi connectivity index (χ4n) is 2.88. The van der Waals surface area contributed by atoms with Crippen LogP contribution in [0.3, 0.4) is 0 Å². The number of benzene rings is 1. The van der Waals surface area contributed by atoms with Crippen LogP contribution in [0, 0.1) is 0 Å². The zero-order valence-electron chi connectivity index (χ0n) is 10.6. The van der Waals surface area contributed by atoms with E-state index < -0.39 is 0 Å². The number of hydrogen-bond acceptors (Lipinski definition) is 3. The Morgan fingerprint density at radius 1 is 1.06 bits per heavy atom. The van der Waals surface area contributed by atoms with E-state index in [9.17, 15) is 0 Å². The van der Waals surface area contributed by atoms with Crippen LogP contribution in [0.15, 0.2) is 24.3 Å². The van der Waals surface area contributed by atoms with Crippen molar-refractivity contribution in [2.75, 3.05) is 37.6 Å². The minimum absolute atomic E-state index is 0.353. The van der Waals surface area contributed by atoms with Crippen LogP contribution in [-0.2, 0) is 0 Å². The molecule has 18 heavy (non-hydrogen) atoms. The number of piperazine rings is 1. The van der Waals surface area contributed by atoms with Crippen molar-refractivity contribution in [3.8, 4) is 0 Å². The van der Waals surface area contributed by atoms with Gasteiger partial charge in [0.1, 0.15) is 0 Å². The molecule has 4 heteroatoms. The molecule has 0 spiro atoms. The molecular formula is C14H20ClN3. The largest absolute Gasteiger partial charge is 0.369 e. The van der Waals surface area contributed by atoms with Crippen molar-refractivity contribution in [1.29, 1.82) is 0 Å². The summed E-state index contributed by atoms with van der Waals surface area (Å²) in [6, 6.07) is 8.14. The molecule has 2 aliphatic rings. The number of rotatable bonds is 3. The predicted molar refractivity (Wildman–Crippen MR) is 76.3 cm³/mol. The molecule has 0 aromatic heterocycles. The smallest absolute Gasteiger partial charge is 0.0407 e. The van der Waals surface area contributed by atoms with E-state index in [1.54, 1.807) is 0 Å². The maximum atomic E-state index is 5.92. The Kier molecular flexibility index (Phi) is 3.22. The molecule has 0 bridgehead atoms. The lowest BCUT2D eigenvalue weighted by Crippen LogP contribution is -2.53. The highest BCUT2D eigenvalue weighted by Gasteiger charge is 2.47. The van der Waals surface area contributed by atoms with E-state index in [-0.39, 0.29) is 0 Å². The summed E-state index contributed by atoms with van der Waals surface area (Å²) in [5.74, 6) is 0. The van der Waals surface area contributed by atoms with Gasteiger partial charge in [0.05, 0.1) is 0 Å². The fraction of sp³-hybridized carbons (Fsp3) is 0.571. The lowest BCUT2D eigenvalue weighted by molar-refractivity contribution is 0.171. The molecule has 1 aliphatic carbocycles. The van der Waals surface area contributed by atoms with Gasteiger partial charge in [-0.05, 0) is 37.1 Å². The maximum Gasteiger partial charge on any atom is 0.0407 e. The number of halogens is 1. The summed E-state index contributed by atoms with van der Waals surface area (Å²) in [7, 11) is 0. The van der Waals surface area contributed by atoms with Gasteiger partial charge in [0.2, 0.25) is 0 Å². The van der Waals surface area contributed by atoms with Crippen LogP contribution in [0.5, 0.6) is 0 Å². The summed E-state index contributed by atoms with van der Waals surface area (Å²) in [5.41, 5.74) is 7.52. The molecule has 3 rings (SSSR count). The van der Waals surface area contributed by atoms with Gasteiger partial charge < -0.3 is 10.6 Å². The monoisotopic (exact) mass is 265 g/mol. The molecular weight excluding hydrogens is 246 g/mol. The van der Waals surface area contributed by atoms with Crippen LogP contribution in [0.1, 0.15) is 12.8 Å². The highest BCUT2D eigenvalue weighted by Crippen LogP contribution is 2.41. The van der Waals surface area contributed by atoms with E-state index in [2.05, 4.69) is 21.9 Å². The molecule has 1 aliphatic heterocycles. The van der Waals surface area contributed by atoms with Gasteiger partial charge in [-0.3, -0.25) is 4.90 Å². The number of nitrogens with zero attached hydrogens (tertiary/aromatic N) is 2. The third kappa shape index (κ3) is 2.22. The standard InChI is InChI=1S/C14H20ClN3/c15-12-1-3-13(4-2-12)17-7-9-18(10-8-17)14(11-16)5-6-14/h1-4H,5-11,16H2. The summed E-state index contributed by atoms with van der Waals surface area (Å²) < 4.78 is 0. The lowest BCUT2D eigenvalue weighted by atomic mass is 10.1. The molecule has 2 fully saturated rings. The first kappa shape index (κ1) is 12.3. The van der Waals surface area contributed by atoms with Gasteiger partial charge in [-0.15, -0.1) is 0 Å². The van der Waals surface area contributed by atoms with Crippen molar-refractivity contribution < 1.29 is 0 Å². The first-order valence-corrected chi connectivity index (χ1v) is 7.07. The van der Waals surface area contributed by atoms with Crippen LogP contribution in [0.25, 0.3) is 0 Å². The Morgan fingerprint density at radius 2 is 1.67 bits per heavy atom. The van der Waals surface area contributed by atoms with Gasteiger partial charge in [0.15, 0.2) is 0 Å². The number of hydrogen-bond donors (Lipinski definition) is 1. The van der Waals surface area contributed by atoms with Crippen molar-refractivity contribution in [3.05, 3.63) is 29.3 Å². The molecule has 1 aromatic rings. The number of anilines is 1. The molecule has 0 atom stereocenters. The van der Waals surface area contributed by atoms with E-state index in [1.165, 1.54) is 18.5 Å². The van der Waals surface area contributed by atoms with E-state index >= 15 is 0 Å². The fourth-order valence-corrected chi connectivity index (χ4v) is 3.01. The molecule has 0 unspecified atom stereocenters. The molecule has 2 N–H and O–H groups in total. The SMILES string of the molecule is NCC1(N2CCN(c3ccc(Cl)cc3)CC2)CC1. The van der Waals surface area contributed by atoms with E-state index in [0.29, 0.717) is 5.54 Å². The molecule has 1 heterocycles. The van der Waals surface area contributed by atoms with Crippen molar-refractivity contribution in [3.63, 3.8) is 0 Å². The molecule has 1 aromatic carbocycles. The second kappa shape index (κ2) is 4.72. The summed E-state index contributed by atoms with van der Waals surface area (Å²) in [6.45, 7) is 5.24. The lowest BCUT2D eigenvalue weighted by Gasteiger charge is -2.40.